The third-order valence-electron chi connectivity index (χ3n) is 9.77. The molecule has 0 aliphatic heterocycles. The van der Waals surface area contributed by atoms with E-state index in [0.717, 1.165) is 22.3 Å². The van der Waals surface area contributed by atoms with Gasteiger partial charge in [0.25, 0.3) is 0 Å². The van der Waals surface area contributed by atoms with Gasteiger partial charge in [0, 0.05) is 30.2 Å². The van der Waals surface area contributed by atoms with Gasteiger partial charge in [-0.1, -0.05) is 65.1 Å². The first-order valence-electron chi connectivity index (χ1n) is 13.8. The van der Waals surface area contributed by atoms with Crippen LogP contribution in [0.3, 0.4) is 0 Å². The van der Waals surface area contributed by atoms with E-state index in [0.29, 0.717) is 30.7 Å². The molecule has 1 aromatic rings. The summed E-state index contributed by atoms with van der Waals surface area (Å²) in [6.45, 7) is 26.4. The van der Waals surface area contributed by atoms with Gasteiger partial charge in [0.1, 0.15) is 5.76 Å². The minimum Gasteiger partial charge on any atom is -0.510 e. The first kappa shape index (κ1) is 32.4. The van der Waals surface area contributed by atoms with Crippen molar-refractivity contribution in [2.24, 2.45) is 28.4 Å². The Morgan fingerprint density at radius 2 is 1.82 bits per heavy atom. The zero-order valence-corrected chi connectivity index (χ0v) is 25.6. The van der Waals surface area contributed by atoms with E-state index in [4.69, 9.17) is 5.73 Å². The number of benzene rings is 1. The van der Waals surface area contributed by atoms with Crippen LogP contribution in [0.15, 0.2) is 55.0 Å². The highest BCUT2D eigenvalue weighted by Crippen LogP contribution is 2.61. The van der Waals surface area contributed by atoms with Crippen LogP contribution in [-0.2, 0) is 17.8 Å². The molecule has 0 bridgehead atoms. The lowest BCUT2D eigenvalue weighted by Crippen LogP contribution is -2.67. The SMILES string of the molecule is C=Cc1c(C)ccc(CNC(C)=O)c1C[C@@]1(C)C[C@@](C)([C@@H](/C(O)=C(\C)C(=C)N)N(C)C)[C@@](O)(C=C)[C@@H](C)C1C. The van der Waals surface area contributed by atoms with Crippen LogP contribution in [0.2, 0.25) is 0 Å². The normalized spacial score (nSPS) is 30.3. The van der Waals surface area contributed by atoms with E-state index in [2.05, 4.69) is 64.9 Å². The minimum absolute atomic E-state index is 0.0795. The number of allylic oxidation sites excluding steroid dienone is 1. The molecular weight excluding hydrogens is 486 g/mol. The van der Waals surface area contributed by atoms with Crippen LogP contribution in [0.5, 0.6) is 0 Å². The van der Waals surface area contributed by atoms with E-state index in [1.165, 1.54) is 6.92 Å². The fraction of sp³-hybridized carbons (Fsp3) is 0.545. The van der Waals surface area contributed by atoms with Crippen molar-refractivity contribution in [2.75, 3.05) is 14.1 Å². The van der Waals surface area contributed by atoms with Crippen LogP contribution in [0.25, 0.3) is 6.08 Å². The second kappa shape index (κ2) is 11.7. The lowest BCUT2D eigenvalue weighted by atomic mass is 9.45. The van der Waals surface area contributed by atoms with Gasteiger partial charge < -0.3 is 21.3 Å². The average Bonchev–Trinajstić information content (AvgIpc) is 2.85. The molecule has 39 heavy (non-hydrogen) atoms. The lowest BCUT2D eigenvalue weighted by Gasteiger charge is -2.63. The summed E-state index contributed by atoms with van der Waals surface area (Å²) in [7, 11) is 3.81. The fourth-order valence-corrected chi connectivity index (χ4v) is 7.20. The Morgan fingerprint density at radius 3 is 2.28 bits per heavy atom. The Balaban J connectivity index is 2.82. The largest absolute Gasteiger partial charge is 0.510 e. The predicted octanol–water partition coefficient (Wildman–Crippen LogP) is 5.66. The Morgan fingerprint density at radius 1 is 1.23 bits per heavy atom. The number of nitrogens with one attached hydrogen (secondary N) is 1. The van der Waals surface area contributed by atoms with Crippen LogP contribution in [0.1, 0.15) is 70.2 Å². The molecule has 6 atom stereocenters. The summed E-state index contributed by atoms with van der Waals surface area (Å²) < 4.78 is 0. The molecule has 1 aromatic carbocycles. The summed E-state index contributed by atoms with van der Waals surface area (Å²) in [5, 5.41) is 26.9. The molecular formula is C33H51N3O3. The van der Waals surface area contributed by atoms with E-state index in [-0.39, 0.29) is 28.9 Å². The van der Waals surface area contributed by atoms with Crippen molar-refractivity contribution >= 4 is 12.0 Å². The Kier molecular flexibility index (Phi) is 9.74. The predicted molar refractivity (Wildman–Crippen MR) is 163 cm³/mol. The number of carbonyl (C=O) groups is 1. The number of aryl methyl sites for hydroxylation is 1. The van der Waals surface area contributed by atoms with Crippen molar-refractivity contribution in [3.8, 4) is 0 Å². The molecule has 0 saturated heterocycles. The van der Waals surface area contributed by atoms with Gasteiger partial charge in [0.05, 0.1) is 11.6 Å². The highest BCUT2D eigenvalue weighted by Gasteiger charge is 2.63. The highest BCUT2D eigenvalue weighted by molar-refractivity contribution is 5.73. The number of rotatable bonds is 10. The molecule has 5 N–H and O–H groups in total. The third kappa shape index (κ3) is 5.73. The monoisotopic (exact) mass is 537 g/mol. The summed E-state index contributed by atoms with van der Waals surface area (Å²) in [6, 6.07) is 3.60. The molecule has 6 nitrogen and oxygen atoms in total. The second-order valence-corrected chi connectivity index (χ2v) is 12.5. The van der Waals surface area contributed by atoms with Crippen molar-refractivity contribution < 1.29 is 15.0 Å². The van der Waals surface area contributed by atoms with E-state index < -0.39 is 17.1 Å². The molecule has 0 aromatic heterocycles. The van der Waals surface area contributed by atoms with E-state index in [9.17, 15) is 15.0 Å². The molecule has 1 aliphatic carbocycles. The third-order valence-corrected chi connectivity index (χ3v) is 9.77. The maximum absolute atomic E-state index is 12.4. The zero-order chi connectivity index (χ0) is 30.1. The summed E-state index contributed by atoms with van der Waals surface area (Å²) in [4.78, 5) is 13.7. The standard InChI is InChI=1S/C33H51N3O3/c1-13-27-20(3)15-16-26(18-35-25(8)37)28(27)17-31(9)19-32(10,33(39,14-2)23(6)22(31)5)30(36(11)12)29(38)21(4)24(7)34/h13-16,22-23,30,38-39H,1-2,7,17-19,34H2,3-6,8-12H3,(H,35,37)/b29-21-/t22?,23-,30+,31-,32-,33+/m0/s1. The second-order valence-electron chi connectivity index (χ2n) is 12.5. The summed E-state index contributed by atoms with van der Waals surface area (Å²) in [5.41, 5.74) is 8.82. The Hall–Kier alpha value is -2.83. The molecule has 2 rings (SSSR count). The maximum atomic E-state index is 12.4. The molecule has 6 heteroatoms. The van der Waals surface area contributed by atoms with Crippen LogP contribution < -0.4 is 11.1 Å². The number of hydrogen-bond acceptors (Lipinski definition) is 5. The molecule has 1 fully saturated rings. The molecule has 0 heterocycles. The Labute approximate surface area is 236 Å². The van der Waals surface area contributed by atoms with Gasteiger partial charge in [-0.25, -0.2) is 0 Å². The van der Waals surface area contributed by atoms with E-state index >= 15 is 0 Å². The summed E-state index contributed by atoms with van der Waals surface area (Å²) in [5.74, 6) is -0.0526. The number of amides is 1. The van der Waals surface area contributed by atoms with Gasteiger partial charge in [0.15, 0.2) is 0 Å². The number of likely N-dealkylation sites (N-methyl/N-ethyl adjacent to an activating group) is 1. The van der Waals surface area contributed by atoms with Gasteiger partial charge in [0.2, 0.25) is 5.91 Å². The van der Waals surface area contributed by atoms with Crippen molar-refractivity contribution in [3.63, 3.8) is 0 Å². The maximum Gasteiger partial charge on any atom is 0.217 e. The molecule has 1 unspecified atom stereocenters. The number of carbonyl (C=O) groups excluding carboxylic acids is 1. The highest BCUT2D eigenvalue weighted by atomic mass is 16.3. The molecule has 0 radical (unpaired) electrons. The smallest absolute Gasteiger partial charge is 0.217 e. The summed E-state index contributed by atoms with van der Waals surface area (Å²) in [6.07, 6.45) is 4.87. The lowest BCUT2D eigenvalue weighted by molar-refractivity contribution is -0.189. The molecule has 1 saturated carbocycles. The minimum atomic E-state index is -1.28. The number of aliphatic hydroxyl groups is 2. The fourth-order valence-electron chi connectivity index (χ4n) is 7.20. The topological polar surface area (TPSA) is 98.8 Å². The van der Waals surface area contributed by atoms with Gasteiger partial charge in [-0.05, 0) is 80.3 Å². The molecule has 0 spiro atoms. The van der Waals surface area contributed by atoms with Crippen LogP contribution in [-0.4, -0.2) is 46.8 Å². The number of nitrogens with two attached hydrogens (primary N) is 1. The number of hydrogen-bond donors (Lipinski definition) is 4. The zero-order valence-electron chi connectivity index (χ0n) is 25.6. The van der Waals surface area contributed by atoms with Crippen molar-refractivity contribution in [1.29, 1.82) is 0 Å². The van der Waals surface area contributed by atoms with Gasteiger partial charge >= 0.3 is 0 Å². The van der Waals surface area contributed by atoms with Gasteiger partial charge in [-0.3, -0.25) is 9.69 Å². The van der Waals surface area contributed by atoms with Crippen molar-refractivity contribution in [2.45, 2.75) is 79.5 Å². The van der Waals surface area contributed by atoms with E-state index in [1.807, 2.05) is 32.0 Å². The number of aliphatic hydroxyl groups excluding tert-OH is 1. The van der Waals surface area contributed by atoms with Crippen LogP contribution in [0.4, 0.5) is 0 Å². The van der Waals surface area contributed by atoms with Crippen molar-refractivity contribution in [1.82, 2.24) is 10.2 Å². The first-order chi connectivity index (χ1) is 17.9. The quantitative estimate of drug-likeness (QED) is 0.175. The number of nitrogens with zero attached hydrogens (tertiary/aromatic N) is 1. The molecule has 216 valence electrons. The van der Waals surface area contributed by atoms with Gasteiger partial charge in [-0.15, -0.1) is 6.58 Å². The molecule has 1 aliphatic rings. The first-order valence-corrected chi connectivity index (χ1v) is 13.8. The average molecular weight is 538 g/mol. The summed E-state index contributed by atoms with van der Waals surface area (Å²) >= 11 is 0. The Bertz CT molecular complexity index is 1170. The molecule has 1 amide bonds. The van der Waals surface area contributed by atoms with Crippen molar-refractivity contribution in [3.05, 3.63) is 77.2 Å². The van der Waals surface area contributed by atoms with Gasteiger partial charge in [-0.2, -0.15) is 0 Å². The van der Waals surface area contributed by atoms with Crippen LogP contribution >= 0.6 is 0 Å². The van der Waals surface area contributed by atoms with E-state index in [1.54, 1.807) is 13.0 Å². The van der Waals surface area contributed by atoms with Crippen LogP contribution in [0, 0.1) is 29.6 Å².